The molecule has 2 rings (SSSR count). The molecule has 2 unspecified atom stereocenters. The third-order valence-corrected chi connectivity index (χ3v) is 3.84. The van der Waals surface area contributed by atoms with Crippen molar-refractivity contribution in [2.75, 3.05) is 7.11 Å². The Labute approximate surface area is 138 Å². The van der Waals surface area contributed by atoms with Crippen molar-refractivity contribution >= 4 is 27.5 Å². The molecule has 0 bridgehead atoms. The van der Waals surface area contributed by atoms with Gasteiger partial charge in [0.1, 0.15) is 17.6 Å². The summed E-state index contributed by atoms with van der Waals surface area (Å²) in [7, 11) is 1.63. The Morgan fingerprint density at radius 3 is 2.57 bits per heavy atom. The first kappa shape index (κ1) is 16.1. The second kappa shape index (κ2) is 7.16. The van der Waals surface area contributed by atoms with E-state index in [1.54, 1.807) is 13.2 Å². The standard InChI is InChI=1S/C16H17BrClNO2/c1-10(19)16(11-4-3-5-13(8-11)20-2)21-15-7-6-12(17)9-14(15)18/h3-10,16H,19H2,1-2H3. The normalized spacial score (nSPS) is 13.6. The molecule has 2 atom stereocenters. The molecule has 5 heteroatoms. The third-order valence-electron chi connectivity index (χ3n) is 3.05. The van der Waals surface area contributed by atoms with E-state index in [-0.39, 0.29) is 12.1 Å². The van der Waals surface area contributed by atoms with Gasteiger partial charge in [-0.25, -0.2) is 0 Å². The predicted octanol–water partition coefficient (Wildman–Crippen LogP) is 4.58. The fourth-order valence-corrected chi connectivity index (χ4v) is 2.72. The van der Waals surface area contributed by atoms with Gasteiger partial charge in [0, 0.05) is 10.5 Å². The number of ether oxygens (including phenoxy) is 2. The van der Waals surface area contributed by atoms with E-state index >= 15 is 0 Å². The number of rotatable bonds is 5. The number of hydrogen-bond donors (Lipinski definition) is 1. The number of methoxy groups -OCH3 is 1. The summed E-state index contributed by atoms with van der Waals surface area (Å²) in [6.07, 6.45) is -0.307. The summed E-state index contributed by atoms with van der Waals surface area (Å²) >= 11 is 9.58. The van der Waals surface area contributed by atoms with Crippen molar-refractivity contribution in [2.45, 2.75) is 19.1 Å². The summed E-state index contributed by atoms with van der Waals surface area (Å²) in [6, 6.07) is 13.0. The highest BCUT2D eigenvalue weighted by molar-refractivity contribution is 9.10. The van der Waals surface area contributed by atoms with Gasteiger partial charge in [0.15, 0.2) is 0 Å². The van der Waals surface area contributed by atoms with E-state index in [9.17, 15) is 0 Å². The van der Waals surface area contributed by atoms with Gasteiger partial charge in [-0.1, -0.05) is 39.7 Å². The number of benzene rings is 2. The lowest BCUT2D eigenvalue weighted by atomic mass is 10.0. The van der Waals surface area contributed by atoms with Crippen molar-refractivity contribution in [3.05, 3.63) is 57.5 Å². The van der Waals surface area contributed by atoms with Crippen LogP contribution in [0.5, 0.6) is 11.5 Å². The molecule has 3 nitrogen and oxygen atoms in total. The molecule has 2 aromatic rings. The number of halogens is 2. The Morgan fingerprint density at radius 1 is 1.19 bits per heavy atom. The molecule has 2 N–H and O–H groups in total. The Balaban J connectivity index is 2.30. The maximum atomic E-state index is 6.20. The molecular weight excluding hydrogens is 354 g/mol. The van der Waals surface area contributed by atoms with E-state index in [1.165, 1.54) is 0 Å². The van der Waals surface area contributed by atoms with Gasteiger partial charge in [-0.3, -0.25) is 0 Å². The van der Waals surface area contributed by atoms with E-state index in [1.807, 2.05) is 43.3 Å². The van der Waals surface area contributed by atoms with Gasteiger partial charge in [-0.05, 0) is 42.8 Å². The van der Waals surface area contributed by atoms with Crippen LogP contribution in [0, 0.1) is 0 Å². The first-order chi connectivity index (χ1) is 10.0. The molecule has 0 aromatic heterocycles. The first-order valence-corrected chi connectivity index (χ1v) is 7.69. The molecule has 0 radical (unpaired) electrons. The lowest BCUT2D eigenvalue weighted by Gasteiger charge is -2.24. The monoisotopic (exact) mass is 369 g/mol. The van der Waals surface area contributed by atoms with Gasteiger partial charge in [0.2, 0.25) is 0 Å². The molecule has 0 saturated heterocycles. The molecule has 0 aliphatic carbocycles. The minimum atomic E-state index is -0.307. The maximum Gasteiger partial charge on any atom is 0.139 e. The molecule has 0 amide bonds. The summed E-state index contributed by atoms with van der Waals surface area (Å²) in [5.74, 6) is 1.37. The summed E-state index contributed by atoms with van der Waals surface area (Å²) < 4.78 is 12.2. The van der Waals surface area contributed by atoms with Crippen molar-refractivity contribution in [2.24, 2.45) is 5.73 Å². The molecule has 0 aliphatic rings. The molecule has 0 saturated carbocycles. The van der Waals surface area contributed by atoms with Crippen molar-refractivity contribution < 1.29 is 9.47 Å². The van der Waals surface area contributed by atoms with Crippen LogP contribution in [-0.4, -0.2) is 13.2 Å². The van der Waals surface area contributed by atoms with Gasteiger partial charge < -0.3 is 15.2 Å². The lowest BCUT2D eigenvalue weighted by molar-refractivity contribution is 0.180. The average molecular weight is 371 g/mol. The minimum absolute atomic E-state index is 0.197. The minimum Gasteiger partial charge on any atom is -0.497 e. The van der Waals surface area contributed by atoms with Gasteiger partial charge >= 0.3 is 0 Å². The van der Waals surface area contributed by atoms with Gasteiger partial charge in [0.25, 0.3) is 0 Å². The maximum absolute atomic E-state index is 6.20. The number of nitrogens with two attached hydrogens (primary N) is 1. The number of hydrogen-bond acceptors (Lipinski definition) is 3. The zero-order valence-electron chi connectivity index (χ0n) is 11.8. The molecule has 0 aliphatic heterocycles. The summed E-state index contributed by atoms with van der Waals surface area (Å²) in [5.41, 5.74) is 7.02. The second-order valence-electron chi connectivity index (χ2n) is 4.75. The van der Waals surface area contributed by atoms with Crippen molar-refractivity contribution in [3.8, 4) is 11.5 Å². The highest BCUT2D eigenvalue weighted by Gasteiger charge is 2.20. The molecular formula is C16H17BrClNO2. The fraction of sp³-hybridized carbons (Fsp3) is 0.250. The lowest BCUT2D eigenvalue weighted by Crippen LogP contribution is -2.29. The summed E-state index contributed by atoms with van der Waals surface area (Å²) in [4.78, 5) is 0. The smallest absolute Gasteiger partial charge is 0.139 e. The van der Waals surface area contributed by atoms with Crippen molar-refractivity contribution in [1.29, 1.82) is 0 Å². The Bertz CT molecular complexity index is 619. The zero-order valence-corrected chi connectivity index (χ0v) is 14.2. The van der Waals surface area contributed by atoms with Crippen LogP contribution in [0.3, 0.4) is 0 Å². The van der Waals surface area contributed by atoms with E-state index < -0.39 is 0 Å². The fourth-order valence-electron chi connectivity index (χ4n) is 2.00. The van der Waals surface area contributed by atoms with Crippen LogP contribution in [0.1, 0.15) is 18.6 Å². The zero-order chi connectivity index (χ0) is 15.4. The highest BCUT2D eigenvalue weighted by atomic mass is 79.9. The van der Waals surface area contributed by atoms with Crippen LogP contribution < -0.4 is 15.2 Å². The van der Waals surface area contributed by atoms with Crippen molar-refractivity contribution in [1.82, 2.24) is 0 Å². The summed E-state index contributed by atoms with van der Waals surface area (Å²) in [6.45, 7) is 1.90. The van der Waals surface area contributed by atoms with E-state index in [2.05, 4.69) is 15.9 Å². The van der Waals surface area contributed by atoms with Crippen LogP contribution in [0.15, 0.2) is 46.9 Å². The van der Waals surface area contributed by atoms with Gasteiger partial charge in [-0.2, -0.15) is 0 Å². The van der Waals surface area contributed by atoms with Crippen LogP contribution in [-0.2, 0) is 0 Å². The van der Waals surface area contributed by atoms with Gasteiger partial charge in [-0.15, -0.1) is 0 Å². The van der Waals surface area contributed by atoms with E-state index in [4.69, 9.17) is 26.8 Å². The Kier molecular flexibility index (Phi) is 5.51. The molecule has 21 heavy (non-hydrogen) atoms. The Hall–Kier alpha value is -1.23. The first-order valence-electron chi connectivity index (χ1n) is 6.52. The van der Waals surface area contributed by atoms with Crippen LogP contribution in [0.25, 0.3) is 0 Å². The molecule has 112 valence electrons. The van der Waals surface area contributed by atoms with Gasteiger partial charge in [0.05, 0.1) is 12.1 Å². The topological polar surface area (TPSA) is 44.5 Å². The average Bonchev–Trinajstić information content (AvgIpc) is 2.46. The molecule has 0 heterocycles. The second-order valence-corrected chi connectivity index (χ2v) is 6.07. The largest absolute Gasteiger partial charge is 0.497 e. The van der Waals surface area contributed by atoms with Crippen LogP contribution >= 0.6 is 27.5 Å². The highest BCUT2D eigenvalue weighted by Crippen LogP contribution is 2.33. The quantitative estimate of drug-likeness (QED) is 0.838. The molecule has 0 fully saturated rings. The third kappa shape index (κ3) is 4.13. The molecule has 0 spiro atoms. The predicted molar refractivity (Wildman–Crippen MR) is 89.2 cm³/mol. The van der Waals surface area contributed by atoms with E-state index in [0.29, 0.717) is 10.8 Å². The summed E-state index contributed by atoms with van der Waals surface area (Å²) in [5, 5.41) is 0.540. The van der Waals surface area contributed by atoms with Crippen molar-refractivity contribution in [3.63, 3.8) is 0 Å². The van der Waals surface area contributed by atoms with Crippen LogP contribution in [0.2, 0.25) is 5.02 Å². The molecule has 2 aromatic carbocycles. The SMILES string of the molecule is COc1cccc(C(Oc2ccc(Br)cc2Cl)C(C)N)c1. The van der Waals surface area contributed by atoms with E-state index in [0.717, 1.165) is 15.8 Å². The Morgan fingerprint density at radius 2 is 1.95 bits per heavy atom. The van der Waals surface area contributed by atoms with Crippen LogP contribution in [0.4, 0.5) is 0 Å².